The number of aliphatic imine (C=N–C) groups is 1. The number of thiophene rings is 1. The molecule has 2 aromatic carbocycles. The lowest BCUT2D eigenvalue weighted by molar-refractivity contribution is -0.120. The van der Waals surface area contributed by atoms with Crippen LogP contribution in [0.3, 0.4) is 0 Å². The molecular formula is C24H22FN3O2S. The van der Waals surface area contributed by atoms with E-state index in [2.05, 4.69) is 10.3 Å². The Balaban J connectivity index is 1.67. The summed E-state index contributed by atoms with van der Waals surface area (Å²) >= 11 is 1.49. The lowest BCUT2D eigenvalue weighted by Gasteiger charge is -2.20. The molecular weight excluding hydrogens is 413 g/mol. The number of rotatable bonds is 4. The van der Waals surface area contributed by atoms with Gasteiger partial charge in [-0.2, -0.15) is 0 Å². The molecule has 2 amide bonds. The Morgan fingerprint density at radius 1 is 1.10 bits per heavy atom. The Morgan fingerprint density at radius 3 is 2.45 bits per heavy atom. The van der Waals surface area contributed by atoms with Crippen LogP contribution in [0.15, 0.2) is 53.5 Å². The van der Waals surface area contributed by atoms with Gasteiger partial charge in [-0.1, -0.05) is 29.8 Å². The molecule has 2 heterocycles. The molecule has 0 fully saturated rings. The zero-order valence-corrected chi connectivity index (χ0v) is 18.3. The smallest absolute Gasteiger partial charge is 0.249 e. The lowest BCUT2D eigenvalue weighted by atomic mass is 9.99. The largest absolute Gasteiger partial charge is 0.325 e. The fourth-order valence-electron chi connectivity index (χ4n) is 3.49. The van der Waals surface area contributed by atoms with E-state index in [1.807, 2.05) is 45.0 Å². The molecule has 3 aromatic rings. The van der Waals surface area contributed by atoms with Crippen molar-refractivity contribution < 1.29 is 14.0 Å². The third kappa shape index (κ3) is 4.27. The molecule has 1 N–H and O–H groups in total. The average molecular weight is 436 g/mol. The molecule has 31 heavy (non-hydrogen) atoms. The summed E-state index contributed by atoms with van der Waals surface area (Å²) in [6.45, 7) is 5.87. The second kappa shape index (κ2) is 8.43. The van der Waals surface area contributed by atoms with E-state index >= 15 is 0 Å². The molecule has 1 aromatic heterocycles. The first kappa shape index (κ1) is 20.9. The third-order valence-corrected chi connectivity index (χ3v) is 6.51. The fraction of sp³-hybridized carbons (Fsp3) is 0.208. The number of hydrogen-bond acceptors (Lipinski definition) is 4. The summed E-state index contributed by atoms with van der Waals surface area (Å²) in [5.41, 5.74) is 5.28. The number of amides is 2. The van der Waals surface area contributed by atoms with Crippen LogP contribution in [0.2, 0.25) is 0 Å². The molecule has 0 radical (unpaired) electrons. The van der Waals surface area contributed by atoms with E-state index in [0.717, 1.165) is 37.8 Å². The zero-order chi connectivity index (χ0) is 22.1. The minimum Gasteiger partial charge on any atom is -0.325 e. The average Bonchev–Trinajstić information content (AvgIpc) is 2.96. The van der Waals surface area contributed by atoms with E-state index in [9.17, 15) is 14.0 Å². The van der Waals surface area contributed by atoms with Crippen molar-refractivity contribution in [3.05, 3.63) is 81.5 Å². The highest BCUT2D eigenvalue weighted by atomic mass is 32.1. The number of anilines is 2. The monoisotopic (exact) mass is 435 g/mol. The second-order valence-electron chi connectivity index (χ2n) is 7.53. The van der Waals surface area contributed by atoms with Crippen molar-refractivity contribution >= 4 is 39.6 Å². The van der Waals surface area contributed by atoms with E-state index < -0.39 is 0 Å². The summed E-state index contributed by atoms with van der Waals surface area (Å²) in [4.78, 5) is 32.8. The highest BCUT2D eigenvalue weighted by molar-refractivity contribution is 7.17. The van der Waals surface area contributed by atoms with E-state index in [4.69, 9.17) is 0 Å². The van der Waals surface area contributed by atoms with Crippen molar-refractivity contribution in [3.8, 4) is 0 Å². The second-order valence-corrected chi connectivity index (χ2v) is 8.73. The molecule has 0 bridgehead atoms. The van der Waals surface area contributed by atoms with Crippen LogP contribution in [0.4, 0.5) is 15.1 Å². The number of benzene rings is 2. The maximum atomic E-state index is 13.1. The van der Waals surface area contributed by atoms with E-state index in [0.29, 0.717) is 5.69 Å². The van der Waals surface area contributed by atoms with Crippen molar-refractivity contribution in [3.63, 3.8) is 0 Å². The van der Waals surface area contributed by atoms with Crippen LogP contribution in [0.5, 0.6) is 0 Å². The highest BCUT2D eigenvalue weighted by Crippen LogP contribution is 2.38. The number of nitrogens with zero attached hydrogens (tertiary/aromatic N) is 2. The first-order chi connectivity index (χ1) is 14.8. The number of fused-ring (bicyclic) bond motifs is 1. The van der Waals surface area contributed by atoms with Crippen LogP contribution in [-0.2, 0) is 9.59 Å². The van der Waals surface area contributed by atoms with Crippen LogP contribution in [0.25, 0.3) is 0 Å². The Labute approximate surface area is 184 Å². The van der Waals surface area contributed by atoms with Crippen LogP contribution in [0, 0.1) is 26.6 Å². The van der Waals surface area contributed by atoms with Gasteiger partial charge in [0.2, 0.25) is 11.8 Å². The van der Waals surface area contributed by atoms with Crippen LogP contribution < -0.4 is 10.2 Å². The predicted molar refractivity (Wildman–Crippen MR) is 123 cm³/mol. The maximum Gasteiger partial charge on any atom is 0.249 e. The Hall–Kier alpha value is -3.32. The molecule has 0 saturated heterocycles. The molecule has 1 aliphatic rings. The number of carbonyl (C=O) groups is 2. The number of hydrogen-bond donors (Lipinski definition) is 1. The topological polar surface area (TPSA) is 61.8 Å². The Bertz CT molecular complexity index is 1180. The molecule has 5 nitrogen and oxygen atoms in total. The van der Waals surface area contributed by atoms with Gasteiger partial charge in [0, 0.05) is 21.7 Å². The van der Waals surface area contributed by atoms with Gasteiger partial charge >= 0.3 is 0 Å². The van der Waals surface area contributed by atoms with Crippen molar-refractivity contribution in [2.24, 2.45) is 4.99 Å². The van der Waals surface area contributed by atoms with Crippen LogP contribution in [0.1, 0.15) is 27.1 Å². The molecule has 0 saturated carbocycles. The molecule has 4 rings (SSSR count). The van der Waals surface area contributed by atoms with E-state index in [-0.39, 0.29) is 30.7 Å². The Morgan fingerprint density at radius 2 is 1.77 bits per heavy atom. The first-order valence-corrected chi connectivity index (χ1v) is 10.7. The summed E-state index contributed by atoms with van der Waals surface area (Å²) < 4.78 is 13.1. The van der Waals surface area contributed by atoms with E-state index in [1.54, 1.807) is 0 Å². The quantitative estimate of drug-likeness (QED) is 0.649. The van der Waals surface area contributed by atoms with Crippen LogP contribution >= 0.6 is 11.3 Å². The molecule has 1 aliphatic heterocycles. The van der Waals surface area contributed by atoms with Gasteiger partial charge in [-0.25, -0.2) is 4.39 Å². The SMILES string of the molecule is Cc1ccc(C2=NCC(=O)N(CC(=O)Nc3ccc(F)cc3)c3sc(C)c(C)c32)cc1. The van der Waals surface area contributed by atoms with Gasteiger partial charge in [-0.3, -0.25) is 19.5 Å². The van der Waals surface area contributed by atoms with Gasteiger partial charge in [0.1, 0.15) is 23.9 Å². The zero-order valence-electron chi connectivity index (χ0n) is 17.5. The molecule has 0 atom stereocenters. The van der Waals surface area contributed by atoms with Crippen molar-refractivity contribution in [2.45, 2.75) is 20.8 Å². The summed E-state index contributed by atoms with van der Waals surface area (Å²) in [5.74, 6) is -0.970. The predicted octanol–water partition coefficient (Wildman–Crippen LogP) is 4.64. The third-order valence-electron chi connectivity index (χ3n) is 5.28. The molecule has 158 valence electrons. The van der Waals surface area contributed by atoms with Gasteiger partial charge in [0.05, 0.1) is 5.71 Å². The van der Waals surface area contributed by atoms with Crippen molar-refractivity contribution in [2.75, 3.05) is 23.3 Å². The number of halogens is 1. The van der Waals surface area contributed by atoms with Gasteiger partial charge in [0.25, 0.3) is 0 Å². The lowest BCUT2D eigenvalue weighted by Crippen LogP contribution is -2.38. The van der Waals surface area contributed by atoms with Gasteiger partial charge in [-0.15, -0.1) is 11.3 Å². The minimum atomic E-state index is -0.379. The molecule has 0 aliphatic carbocycles. The van der Waals surface area contributed by atoms with Crippen LogP contribution in [-0.4, -0.2) is 30.6 Å². The Kier molecular flexibility index (Phi) is 5.69. The molecule has 7 heteroatoms. The molecule has 0 spiro atoms. The first-order valence-electron chi connectivity index (χ1n) is 9.91. The van der Waals surface area contributed by atoms with Gasteiger partial charge in [-0.05, 0) is 50.6 Å². The number of aryl methyl sites for hydroxylation is 2. The van der Waals surface area contributed by atoms with E-state index in [1.165, 1.54) is 40.5 Å². The standard InChI is InChI=1S/C24H22FN3O2S/c1-14-4-6-17(7-5-14)23-22-15(2)16(3)31-24(22)28(21(30)12-26-23)13-20(29)27-19-10-8-18(25)9-11-19/h4-11H,12-13H2,1-3H3,(H,27,29). The fourth-order valence-corrected chi connectivity index (χ4v) is 4.66. The summed E-state index contributed by atoms with van der Waals surface area (Å²) in [5, 5.41) is 3.45. The van der Waals surface area contributed by atoms with Gasteiger partial charge < -0.3 is 5.32 Å². The maximum absolute atomic E-state index is 13.1. The summed E-state index contributed by atoms with van der Waals surface area (Å²) in [6.07, 6.45) is 0. The normalized spacial score (nSPS) is 13.5. The van der Waals surface area contributed by atoms with Gasteiger partial charge in [0.15, 0.2) is 0 Å². The summed E-state index contributed by atoms with van der Waals surface area (Å²) in [7, 11) is 0. The minimum absolute atomic E-state index is 0.0348. The highest BCUT2D eigenvalue weighted by Gasteiger charge is 2.30. The van der Waals surface area contributed by atoms with Crippen molar-refractivity contribution in [1.82, 2.24) is 0 Å². The number of carbonyl (C=O) groups excluding carboxylic acids is 2. The van der Waals surface area contributed by atoms with Crippen molar-refractivity contribution in [1.29, 1.82) is 0 Å². The molecule has 0 unspecified atom stereocenters. The summed E-state index contributed by atoms with van der Waals surface area (Å²) in [6, 6.07) is 13.6. The number of nitrogens with one attached hydrogen (secondary N) is 1.